The van der Waals surface area contributed by atoms with E-state index in [1.165, 1.54) is 0 Å². The molecule has 1 rings (SSSR count). The summed E-state index contributed by atoms with van der Waals surface area (Å²) in [7, 11) is 0. The van der Waals surface area contributed by atoms with Crippen LogP contribution in [0.5, 0.6) is 0 Å². The van der Waals surface area contributed by atoms with E-state index < -0.39 is 0 Å². The van der Waals surface area contributed by atoms with Gasteiger partial charge in [-0.3, -0.25) is 10.6 Å². The van der Waals surface area contributed by atoms with Crippen molar-refractivity contribution in [3.8, 4) is 0 Å². The van der Waals surface area contributed by atoms with E-state index in [9.17, 15) is 4.79 Å². The van der Waals surface area contributed by atoms with Gasteiger partial charge in [0.25, 0.3) is 0 Å². The van der Waals surface area contributed by atoms with Crippen molar-refractivity contribution in [1.29, 1.82) is 0 Å². The first-order valence-corrected chi connectivity index (χ1v) is 3.73. The molecule has 1 fully saturated rings. The summed E-state index contributed by atoms with van der Waals surface area (Å²) in [5, 5.41) is 1.66. The molecule has 58 valence electrons. The van der Waals surface area contributed by atoms with Crippen LogP contribution in [0.4, 0.5) is 0 Å². The molecule has 0 aromatic carbocycles. The molecule has 1 saturated heterocycles. The second-order valence-electron chi connectivity index (χ2n) is 2.86. The molecule has 10 heavy (non-hydrogen) atoms. The highest BCUT2D eigenvalue weighted by Crippen LogP contribution is 2.13. The van der Waals surface area contributed by atoms with Crippen LogP contribution in [0.1, 0.15) is 26.2 Å². The van der Waals surface area contributed by atoms with Crippen LogP contribution < -0.4 is 5.84 Å². The SMILES string of the molecule is CC(=O)C1CCCCN1N. The summed E-state index contributed by atoms with van der Waals surface area (Å²) in [6, 6.07) is -0.00579. The van der Waals surface area contributed by atoms with Crippen molar-refractivity contribution in [3.05, 3.63) is 0 Å². The fourth-order valence-electron chi connectivity index (χ4n) is 1.39. The Morgan fingerprint density at radius 2 is 2.30 bits per heavy atom. The Kier molecular flexibility index (Phi) is 2.40. The third kappa shape index (κ3) is 1.55. The third-order valence-electron chi connectivity index (χ3n) is 2.01. The lowest BCUT2D eigenvalue weighted by Crippen LogP contribution is -2.48. The number of rotatable bonds is 1. The number of hydrogen-bond acceptors (Lipinski definition) is 3. The lowest BCUT2D eigenvalue weighted by Gasteiger charge is -2.29. The van der Waals surface area contributed by atoms with E-state index in [0.29, 0.717) is 0 Å². The number of nitrogens with two attached hydrogens (primary N) is 1. The van der Waals surface area contributed by atoms with Crippen LogP contribution in [0.2, 0.25) is 0 Å². The molecule has 3 nitrogen and oxygen atoms in total. The summed E-state index contributed by atoms with van der Waals surface area (Å²) in [6.45, 7) is 2.47. The molecule has 1 heterocycles. The Balaban J connectivity index is 2.47. The van der Waals surface area contributed by atoms with Gasteiger partial charge in [-0.2, -0.15) is 0 Å². The van der Waals surface area contributed by atoms with Crippen LogP contribution >= 0.6 is 0 Å². The Morgan fingerprint density at radius 3 is 2.70 bits per heavy atom. The lowest BCUT2D eigenvalue weighted by molar-refractivity contribution is -0.123. The Bertz CT molecular complexity index is 136. The standard InChI is InChI=1S/C7H14N2O/c1-6(10)7-4-2-3-5-9(7)8/h7H,2-5,8H2,1H3. The van der Waals surface area contributed by atoms with Crippen molar-refractivity contribution in [1.82, 2.24) is 5.01 Å². The zero-order chi connectivity index (χ0) is 7.56. The van der Waals surface area contributed by atoms with E-state index >= 15 is 0 Å². The average Bonchev–Trinajstić information content (AvgIpc) is 1.88. The molecule has 0 aromatic rings. The molecule has 0 radical (unpaired) electrons. The zero-order valence-electron chi connectivity index (χ0n) is 6.34. The first kappa shape index (κ1) is 7.69. The Hall–Kier alpha value is -0.410. The molecule has 0 bridgehead atoms. The van der Waals surface area contributed by atoms with Gasteiger partial charge in [-0.15, -0.1) is 0 Å². The molecule has 0 saturated carbocycles. The summed E-state index contributed by atoms with van der Waals surface area (Å²) in [5.41, 5.74) is 0. The van der Waals surface area contributed by atoms with Crippen LogP contribution in [-0.2, 0) is 4.79 Å². The fraction of sp³-hybridized carbons (Fsp3) is 0.857. The molecular formula is C7H14N2O. The maximum atomic E-state index is 10.9. The van der Waals surface area contributed by atoms with E-state index in [1.54, 1.807) is 11.9 Å². The highest BCUT2D eigenvalue weighted by Gasteiger charge is 2.22. The van der Waals surface area contributed by atoms with Crippen LogP contribution in [-0.4, -0.2) is 23.4 Å². The van der Waals surface area contributed by atoms with Crippen molar-refractivity contribution in [2.45, 2.75) is 32.2 Å². The summed E-state index contributed by atoms with van der Waals surface area (Å²) in [5.74, 6) is 5.79. The summed E-state index contributed by atoms with van der Waals surface area (Å²) < 4.78 is 0. The average molecular weight is 142 g/mol. The number of hydrogen-bond donors (Lipinski definition) is 1. The van der Waals surface area contributed by atoms with Gasteiger partial charge in [-0.25, -0.2) is 5.01 Å². The quantitative estimate of drug-likeness (QED) is 0.536. The maximum absolute atomic E-state index is 10.9. The largest absolute Gasteiger partial charge is 0.298 e. The molecule has 1 atom stereocenters. The number of ketones is 1. The van der Waals surface area contributed by atoms with Crippen molar-refractivity contribution < 1.29 is 4.79 Å². The number of carbonyl (C=O) groups is 1. The number of piperidine rings is 1. The molecule has 0 amide bonds. The fourth-order valence-corrected chi connectivity index (χ4v) is 1.39. The van der Waals surface area contributed by atoms with Crippen molar-refractivity contribution in [3.63, 3.8) is 0 Å². The van der Waals surface area contributed by atoms with Gasteiger partial charge < -0.3 is 0 Å². The minimum atomic E-state index is -0.00579. The maximum Gasteiger partial charge on any atom is 0.148 e. The highest BCUT2D eigenvalue weighted by atomic mass is 16.1. The Labute approximate surface area is 61.2 Å². The number of carbonyl (C=O) groups excluding carboxylic acids is 1. The van der Waals surface area contributed by atoms with Gasteiger partial charge in [0.1, 0.15) is 5.78 Å². The van der Waals surface area contributed by atoms with Crippen LogP contribution in [0, 0.1) is 0 Å². The molecule has 0 spiro atoms. The van der Waals surface area contributed by atoms with Crippen molar-refractivity contribution >= 4 is 5.78 Å². The first-order valence-electron chi connectivity index (χ1n) is 3.73. The van der Waals surface area contributed by atoms with Gasteiger partial charge in [-0.1, -0.05) is 6.42 Å². The van der Waals surface area contributed by atoms with Gasteiger partial charge in [0, 0.05) is 6.54 Å². The predicted molar refractivity (Wildman–Crippen MR) is 39.2 cm³/mol. The highest BCUT2D eigenvalue weighted by molar-refractivity contribution is 5.81. The van der Waals surface area contributed by atoms with E-state index in [-0.39, 0.29) is 11.8 Å². The second-order valence-corrected chi connectivity index (χ2v) is 2.86. The van der Waals surface area contributed by atoms with Gasteiger partial charge in [0.15, 0.2) is 0 Å². The van der Waals surface area contributed by atoms with Gasteiger partial charge in [0.05, 0.1) is 6.04 Å². The van der Waals surface area contributed by atoms with Crippen molar-refractivity contribution in [2.24, 2.45) is 5.84 Å². The zero-order valence-corrected chi connectivity index (χ0v) is 6.34. The molecule has 2 N–H and O–H groups in total. The van der Waals surface area contributed by atoms with Gasteiger partial charge >= 0.3 is 0 Å². The molecule has 1 unspecified atom stereocenters. The third-order valence-corrected chi connectivity index (χ3v) is 2.01. The number of hydrazine groups is 1. The molecule has 1 aliphatic rings. The molecular weight excluding hydrogens is 128 g/mol. The molecule has 0 aromatic heterocycles. The minimum Gasteiger partial charge on any atom is -0.298 e. The first-order chi connectivity index (χ1) is 4.72. The topological polar surface area (TPSA) is 46.3 Å². The summed E-state index contributed by atoms with van der Waals surface area (Å²) >= 11 is 0. The predicted octanol–water partition coefficient (Wildman–Crippen LogP) is 0.304. The lowest BCUT2D eigenvalue weighted by atomic mass is 10.0. The Morgan fingerprint density at radius 1 is 1.60 bits per heavy atom. The molecule has 0 aliphatic carbocycles. The monoisotopic (exact) mass is 142 g/mol. The summed E-state index contributed by atoms with van der Waals surface area (Å²) in [4.78, 5) is 10.9. The molecule has 3 heteroatoms. The van der Waals surface area contributed by atoms with Crippen LogP contribution in [0.25, 0.3) is 0 Å². The van der Waals surface area contributed by atoms with Gasteiger partial charge in [-0.05, 0) is 19.8 Å². The second kappa shape index (κ2) is 3.12. The normalized spacial score (nSPS) is 28.4. The number of nitrogens with zero attached hydrogens (tertiary/aromatic N) is 1. The smallest absolute Gasteiger partial charge is 0.148 e. The van der Waals surface area contributed by atoms with Crippen LogP contribution in [0.3, 0.4) is 0 Å². The molecule has 1 aliphatic heterocycles. The van der Waals surface area contributed by atoms with E-state index in [1.807, 2.05) is 0 Å². The number of Topliss-reactive ketones (excluding diaryl/α,β-unsaturated/α-hetero) is 1. The van der Waals surface area contributed by atoms with E-state index in [0.717, 1.165) is 25.8 Å². The van der Waals surface area contributed by atoms with Crippen molar-refractivity contribution in [2.75, 3.05) is 6.54 Å². The minimum absolute atomic E-state index is 0.00579. The van der Waals surface area contributed by atoms with E-state index in [4.69, 9.17) is 5.84 Å². The van der Waals surface area contributed by atoms with Gasteiger partial charge in [0.2, 0.25) is 0 Å². The summed E-state index contributed by atoms with van der Waals surface area (Å²) in [6.07, 6.45) is 3.20. The van der Waals surface area contributed by atoms with Crippen LogP contribution in [0.15, 0.2) is 0 Å². The van der Waals surface area contributed by atoms with E-state index in [2.05, 4.69) is 0 Å².